The highest BCUT2D eigenvalue weighted by Crippen LogP contribution is 2.32. The summed E-state index contributed by atoms with van der Waals surface area (Å²) in [6.07, 6.45) is 2.40. The van der Waals surface area contributed by atoms with Crippen LogP contribution in [0.3, 0.4) is 0 Å². The van der Waals surface area contributed by atoms with Crippen LogP contribution < -0.4 is 16.0 Å². The van der Waals surface area contributed by atoms with Crippen LogP contribution in [0.1, 0.15) is 67.1 Å². The fraction of sp³-hybridized carbons (Fsp3) is 0.458. The van der Waals surface area contributed by atoms with Crippen molar-refractivity contribution in [2.24, 2.45) is 0 Å². The van der Waals surface area contributed by atoms with Crippen molar-refractivity contribution >= 4 is 28.7 Å². The van der Waals surface area contributed by atoms with Gasteiger partial charge in [0.2, 0.25) is 0 Å². The molecule has 0 radical (unpaired) electrons. The molecular weight excluding hydrogens is 406 g/mol. The lowest BCUT2D eigenvalue weighted by molar-refractivity contribution is 0.0955. The highest BCUT2D eigenvalue weighted by molar-refractivity contribution is 6.01. The molecule has 4 rings (SSSR count). The van der Waals surface area contributed by atoms with Gasteiger partial charge in [0.15, 0.2) is 5.82 Å². The fourth-order valence-corrected chi connectivity index (χ4v) is 4.28. The van der Waals surface area contributed by atoms with Crippen molar-refractivity contribution in [1.29, 1.82) is 0 Å². The maximum atomic E-state index is 12.5. The molecule has 3 amide bonds. The number of urea groups is 1. The summed E-state index contributed by atoms with van der Waals surface area (Å²) in [5, 5.41) is 13.8. The number of amides is 3. The van der Waals surface area contributed by atoms with E-state index in [4.69, 9.17) is 4.52 Å². The van der Waals surface area contributed by atoms with Gasteiger partial charge in [-0.1, -0.05) is 32.0 Å². The number of benzene rings is 1. The van der Waals surface area contributed by atoms with Crippen LogP contribution >= 0.6 is 0 Å². The van der Waals surface area contributed by atoms with Crippen LogP contribution in [-0.2, 0) is 18.3 Å². The van der Waals surface area contributed by atoms with Gasteiger partial charge in [-0.2, -0.15) is 0 Å². The van der Waals surface area contributed by atoms with E-state index in [0.29, 0.717) is 17.9 Å². The fourth-order valence-electron chi connectivity index (χ4n) is 4.28. The summed E-state index contributed by atoms with van der Waals surface area (Å²) in [6.45, 7) is 10.6. The highest BCUT2D eigenvalue weighted by Gasteiger charge is 2.26. The van der Waals surface area contributed by atoms with Gasteiger partial charge >= 0.3 is 6.03 Å². The van der Waals surface area contributed by atoms with Gasteiger partial charge in [0.25, 0.3) is 5.91 Å². The Hall–Kier alpha value is -3.29. The van der Waals surface area contributed by atoms with Crippen LogP contribution in [-0.4, -0.2) is 34.7 Å². The summed E-state index contributed by atoms with van der Waals surface area (Å²) in [5.74, 6) is 1.07. The Morgan fingerprint density at radius 3 is 2.75 bits per heavy atom. The highest BCUT2D eigenvalue weighted by atomic mass is 16.5. The minimum Gasteiger partial charge on any atom is -0.359 e. The average molecular weight is 438 g/mol. The monoisotopic (exact) mass is 437 g/mol. The summed E-state index contributed by atoms with van der Waals surface area (Å²) >= 11 is 0. The predicted octanol–water partition coefficient (Wildman–Crippen LogP) is 4.19. The molecule has 0 aliphatic heterocycles. The van der Waals surface area contributed by atoms with Crippen molar-refractivity contribution in [2.45, 2.75) is 65.3 Å². The van der Waals surface area contributed by atoms with Crippen molar-refractivity contribution in [1.82, 2.24) is 20.8 Å². The van der Waals surface area contributed by atoms with E-state index >= 15 is 0 Å². The summed E-state index contributed by atoms with van der Waals surface area (Å²) in [5.41, 5.74) is 4.86. The normalized spacial score (nSPS) is 16.0. The number of hydrogen-bond donors (Lipinski definition) is 4. The number of carbonyl (C=O) groups excluding carboxylic acids is 2. The summed E-state index contributed by atoms with van der Waals surface area (Å²) in [7, 11) is 0. The second kappa shape index (κ2) is 8.33. The number of aryl methyl sites for hydroxylation is 2. The largest absolute Gasteiger partial charge is 0.359 e. The van der Waals surface area contributed by atoms with Crippen molar-refractivity contribution in [3.63, 3.8) is 0 Å². The number of anilines is 1. The van der Waals surface area contributed by atoms with Crippen LogP contribution in [0, 0.1) is 6.92 Å². The van der Waals surface area contributed by atoms with Gasteiger partial charge in [0.05, 0.1) is 0 Å². The molecule has 170 valence electrons. The summed E-state index contributed by atoms with van der Waals surface area (Å²) in [4.78, 5) is 28.4. The Bertz CT molecular complexity index is 1170. The Kier molecular flexibility index (Phi) is 5.71. The minimum atomic E-state index is -0.290. The standard InChI is InChI=1S/C24H31N5O3/c1-6-25-22(30)15-8-9-16-17-11-14(7-10-18(17)27-21(16)13(15)2)26-23(31)28-20-12-19(32-29-20)24(3,4)5/h8-9,12,14,27H,6-7,10-11H2,1-5H3,(H,25,30)(H2,26,28,29,31). The Morgan fingerprint density at radius 2 is 2.06 bits per heavy atom. The molecule has 1 aliphatic rings. The zero-order valence-electron chi connectivity index (χ0n) is 19.3. The lowest BCUT2D eigenvalue weighted by Gasteiger charge is -2.23. The molecule has 8 heteroatoms. The number of aromatic nitrogens is 2. The van der Waals surface area contributed by atoms with E-state index in [1.54, 1.807) is 6.07 Å². The Morgan fingerprint density at radius 1 is 1.28 bits per heavy atom. The van der Waals surface area contributed by atoms with Crippen molar-refractivity contribution in [3.8, 4) is 0 Å². The molecule has 0 saturated carbocycles. The van der Waals surface area contributed by atoms with Crippen LogP contribution in [0.4, 0.5) is 10.6 Å². The average Bonchev–Trinajstić information content (AvgIpc) is 3.33. The van der Waals surface area contributed by atoms with Crippen molar-refractivity contribution in [2.75, 3.05) is 11.9 Å². The molecule has 0 saturated heterocycles. The van der Waals surface area contributed by atoms with Crippen molar-refractivity contribution < 1.29 is 14.1 Å². The number of nitrogens with one attached hydrogen (secondary N) is 4. The Labute approximate surface area is 187 Å². The SMILES string of the molecule is CCNC(=O)c1ccc2c3c([nH]c2c1C)CCC(NC(=O)Nc1cc(C(C)(C)C)on1)C3. The third kappa shape index (κ3) is 4.22. The second-order valence-corrected chi connectivity index (χ2v) is 9.47. The third-order valence-electron chi connectivity index (χ3n) is 6.03. The first-order valence-corrected chi connectivity index (χ1v) is 11.1. The molecule has 8 nitrogen and oxygen atoms in total. The number of rotatable bonds is 4. The minimum absolute atomic E-state index is 0.0128. The van der Waals surface area contributed by atoms with E-state index in [1.807, 2.05) is 46.8 Å². The molecule has 1 atom stereocenters. The van der Waals surface area contributed by atoms with E-state index in [0.717, 1.165) is 41.5 Å². The predicted molar refractivity (Wildman–Crippen MR) is 124 cm³/mol. The summed E-state index contributed by atoms with van der Waals surface area (Å²) in [6, 6.07) is 5.37. The lowest BCUT2D eigenvalue weighted by Crippen LogP contribution is -2.41. The van der Waals surface area contributed by atoms with E-state index in [2.05, 4.69) is 26.1 Å². The molecule has 4 N–H and O–H groups in total. The first kappa shape index (κ1) is 21.9. The quantitative estimate of drug-likeness (QED) is 0.490. The number of H-pyrrole nitrogens is 1. The third-order valence-corrected chi connectivity index (χ3v) is 6.03. The summed E-state index contributed by atoms with van der Waals surface area (Å²) < 4.78 is 5.33. The molecule has 2 aromatic heterocycles. The van der Waals surface area contributed by atoms with Gasteiger partial charge in [-0.25, -0.2) is 4.79 Å². The number of hydrogen-bond acceptors (Lipinski definition) is 4. The molecular formula is C24H31N5O3. The molecule has 0 fully saturated rings. The smallest absolute Gasteiger partial charge is 0.320 e. The van der Waals surface area contributed by atoms with Gasteiger partial charge in [-0.05, 0) is 50.3 Å². The molecule has 32 heavy (non-hydrogen) atoms. The zero-order chi connectivity index (χ0) is 23.0. The van der Waals surface area contributed by atoms with Gasteiger partial charge in [0.1, 0.15) is 5.76 Å². The van der Waals surface area contributed by atoms with Gasteiger partial charge < -0.3 is 20.1 Å². The molecule has 1 unspecified atom stereocenters. The molecule has 0 bridgehead atoms. The number of nitrogens with zero attached hydrogens (tertiary/aromatic N) is 1. The van der Waals surface area contributed by atoms with Crippen LogP contribution in [0.15, 0.2) is 22.7 Å². The topological polar surface area (TPSA) is 112 Å². The van der Waals surface area contributed by atoms with E-state index in [9.17, 15) is 9.59 Å². The van der Waals surface area contributed by atoms with Gasteiger partial charge in [0, 0.05) is 46.2 Å². The van der Waals surface area contributed by atoms with Gasteiger partial charge in [-0.15, -0.1) is 0 Å². The number of aromatic amines is 1. The van der Waals surface area contributed by atoms with E-state index < -0.39 is 0 Å². The molecule has 2 heterocycles. The maximum Gasteiger partial charge on any atom is 0.320 e. The number of fused-ring (bicyclic) bond motifs is 3. The first-order chi connectivity index (χ1) is 15.2. The Balaban J connectivity index is 1.47. The number of carbonyl (C=O) groups is 2. The lowest BCUT2D eigenvalue weighted by atomic mass is 9.91. The maximum absolute atomic E-state index is 12.5. The second-order valence-electron chi connectivity index (χ2n) is 9.47. The first-order valence-electron chi connectivity index (χ1n) is 11.1. The van der Waals surface area contributed by atoms with Crippen molar-refractivity contribution in [3.05, 3.63) is 46.3 Å². The van der Waals surface area contributed by atoms with E-state index in [-0.39, 0.29) is 23.4 Å². The molecule has 1 aliphatic carbocycles. The van der Waals surface area contributed by atoms with E-state index in [1.165, 1.54) is 11.3 Å². The van der Waals surface area contributed by atoms with Crippen LogP contribution in [0.5, 0.6) is 0 Å². The molecule has 0 spiro atoms. The van der Waals surface area contributed by atoms with Crippen LogP contribution in [0.2, 0.25) is 0 Å². The molecule has 1 aromatic carbocycles. The molecule has 3 aromatic rings. The van der Waals surface area contributed by atoms with Crippen LogP contribution in [0.25, 0.3) is 10.9 Å². The van der Waals surface area contributed by atoms with Gasteiger partial charge in [-0.3, -0.25) is 10.1 Å². The zero-order valence-corrected chi connectivity index (χ0v) is 19.3.